The van der Waals surface area contributed by atoms with Crippen LogP contribution in [0.15, 0.2) is 0 Å². The first-order valence-electron chi connectivity index (χ1n) is 5.12. The zero-order valence-corrected chi connectivity index (χ0v) is 9.22. The fraction of sp³-hybridized carbons (Fsp3) is 1.00. The van der Waals surface area contributed by atoms with Crippen LogP contribution in [0.25, 0.3) is 0 Å². The van der Waals surface area contributed by atoms with Gasteiger partial charge in [0.15, 0.2) is 0 Å². The highest BCUT2D eigenvalue weighted by Crippen LogP contribution is 2.36. The van der Waals surface area contributed by atoms with Crippen molar-refractivity contribution in [1.29, 1.82) is 0 Å². The van der Waals surface area contributed by atoms with Gasteiger partial charge in [0, 0.05) is 0 Å². The molecule has 1 unspecified atom stereocenters. The highest BCUT2D eigenvalue weighted by Gasteiger charge is 2.27. The Morgan fingerprint density at radius 3 is 1.83 bits per heavy atom. The maximum atomic E-state index is 9.33. The SMILES string of the molecule is CCC(CC)C(C)(C)CC(C)O. The molecule has 1 atom stereocenters. The molecule has 12 heavy (non-hydrogen) atoms. The standard InChI is InChI=1S/C11H24O/c1-6-10(7-2)11(4,5)8-9(3)12/h9-10,12H,6-8H2,1-5H3. The third-order valence-electron chi connectivity index (χ3n) is 2.91. The Balaban J connectivity index is 4.14. The topological polar surface area (TPSA) is 20.2 Å². The molecule has 0 aliphatic heterocycles. The van der Waals surface area contributed by atoms with Crippen LogP contribution in [0.2, 0.25) is 0 Å². The molecule has 0 bridgehead atoms. The molecular weight excluding hydrogens is 148 g/mol. The van der Waals surface area contributed by atoms with Gasteiger partial charge in [0.1, 0.15) is 0 Å². The molecule has 0 spiro atoms. The van der Waals surface area contributed by atoms with E-state index in [1.54, 1.807) is 0 Å². The van der Waals surface area contributed by atoms with E-state index in [-0.39, 0.29) is 11.5 Å². The van der Waals surface area contributed by atoms with E-state index < -0.39 is 0 Å². The zero-order valence-electron chi connectivity index (χ0n) is 9.22. The molecular formula is C11H24O. The monoisotopic (exact) mass is 172 g/mol. The molecule has 0 fully saturated rings. The van der Waals surface area contributed by atoms with Gasteiger partial charge in [-0.15, -0.1) is 0 Å². The Hall–Kier alpha value is -0.0400. The van der Waals surface area contributed by atoms with Crippen molar-refractivity contribution in [1.82, 2.24) is 0 Å². The van der Waals surface area contributed by atoms with Gasteiger partial charge in [0.05, 0.1) is 6.10 Å². The summed E-state index contributed by atoms with van der Waals surface area (Å²) in [4.78, 5) is 0. The summed E-state index contributed by atoms with van der Waals surface area (Å²) >= 11 is 0. The molecule has 0 saturated heterocycles. The number of aliphatic hydroxyl groups is 1. The van der Waals surface area contributed by atoms with Gasteiger partial charge in [-0.25, -0.2) is 0 Å². The second kappa shape index (κ2) is 4.86. The molecule has 0 aliphatic rings. The quantitative estimate of drug-likeness (QED) is 0.675. The van der Waals surface area contributed by atoms with Crippen molar-refractivity contribution < 1.29 is 5.11 Å². The van der Waals surface area contributed by atoms with E-state index in [0.717, 1.165) is 12.3 Å². The molecule has 0 aliphatic carbocycles. The fourth-order valence-corrected chi connectivity index (χ4v) is 2.32. The lowest BCUT2D eigenvalue weighted by Crippen LogP contribution is -2.27. The first-order valence-corrected chi connectivity index (χ1v) is 5.12. The lowest BCUT2D eigenvalue weighted by molar-refractivity contribution is 0.0863. The van der Waals surface area contributed by atoms with Gasteiger partial charge in [-0.2, -0.15) is 0 Å². The van der Waals surface area contributed by atoms with E-state index in [1.807, 2.05) is 6.92 Å². The van der Waals surface area contributed by atoms with Crippen LogP contribution in [0, 0.1) is 11.3 Å². The molecule has 74 valence electrons. The van der Waals surface area contributed by atoms with Crippen LogP contribution in [-0.4, -0.2) is 11.2 Å². The van der Waals surface area contributed by atoms with E-state index in [9.17, 15) is 5.11 Å². The van der Waals surface area contributed by atoms with E-state index in [1.165, 1.54) is 12.8 Å². The van der Waals surface area contributed by atoms with Crippen molar-refractivity contribution in [2.45, 2.75) is 60.0 Å². The first-order chi connectivity index (χ1) is 5.44. The minimum absolute atomic E-state index is 0.166. The van der Waals surface area contributed by atoms with E-state index in [0.29, 0.717) is 0 Å². The highest BCUT2D eigenvalue weighted by atomic mass is 16.3. The van der Waals surface area contributed by atoms with Gasteiger partial charge in [-0.3, -0.25) is 0 Å². The summed E-state index contributed by atoms with van der Waals surface area (Å²) < 4.78 is 0. The highest BCUT2D eigenvalue weighted by molar-refractivity contribution is 4.78. The Labute approximate surface area is 77.2 Å². The van der Waals surface area contributed by atoms with Gasteiger partial charge < -0.3 is 5.11 Å². The predicted molar refractivity (Wildman–Crippen MR) is 54.2 cm³/mol. The van der Waals surface area contributed by atoms with E-state index >= 15 is 0 Å². The van der Waals surface area contributed by atoms with Gasteiger partial charge in [0.25, 0.3) is 0 Å². The maximum absolute atomic E-state index is 9.33. The van der Waals surface area contributed by atoms with Gasteiger partial charge in [-0.1, -0.05) is 40.5 Å². The normalized spacial score (nSPS) is 15.2. The third-order valence-corrected chi connectivity index (χ3v) is 2.91. The summed E-state index contributed by atoms with van der Waals surface area (Å²) in [5, 5.41) is 9.33. The molecule has 0 aromatic carbocycles. The molecule has 0 heterocycles. The van der Waals surface area contributed by atoms with Crippen LogP contribution in [0.4, 0.5) is 0 Å². The van der Waals surface area contributed by atoms with Crippen molar-refractivity contribution in [3.63, 3.8) is 0 Å². The molecule has 1 heteroatoms. The number of hydrogen-bond acceptors (Lipinski definition) is 1. The maximum Gasteiger partial charge on any atom is 0.0517 e. The van der Waals surface area contributed by atoms with Gasteiger partial charge in [0.2, 0.25) is 0 Å². The van der Waals surface area contributed by atoms with Crippen LogP contribution < -0.4 is 0 Å². The van der Waals surface area contributed by atoms with Crippen LogP contribution >= 0.6 is 0 Å². The molecule has 0 aromatic heterocycles. The van der Waals surface area contributed by atoms with Crippen molar-refractivity contribution in [3.05, 3.63) is 0 Å². The molecule has 1 N–H and O–H groups in total. The van der Waals surface area contributed by atoms with Crippen LogP contribution in [0.5, 0.6) is 0 Å². The second-order valence-electron chi connectivity index (χ2n) is 4.56. The lowest BCUT2D eigenvalue weighted by Gasteiger charge is -2.34. The Morgan fingerprint density at radius 2 is 1.58 bits per heavy atom. The van der Waals surface area contributed by atoms with Crippen LogP contribution in [0.1, 0.15) is 53.9 Å². The number of hydrogen-bond donors (Lipinski definition) is 1. The number of aliphatic hydroxyl groups excluding tert-OH is 1. The van der Waals surface area contributed by atoms with Crippen molar-refractivity contribution in [2.24, 2.45) is 11.3 Å². The van der Waals surface area contributed by atoms with Crippen LogP contribution in [0.3, 0.4) is 0 Å². The summed E-state index contributed by atoms with van der Waals surface area (Å²) in [6, 6.07) is 0. The van der Waals surface area contributed by atoms with Crippen molar-refractivity contribution in [2.75, 3.05) is 0 Å². The third kappa shape index (κ3) is 3.57. The Kier molecular flexibility index (Phi) is 4.84. The molecule has 0 rings (SSSR count). The van der Waals surface area contributed by atoms with Crippen LogP contribution in [-0.2, 0) is 0 Å². The van der Waals surface area contributed by atoms with Gasteiger partial charge in [-0.05, 0) is 24.7 Å². The Bertz CT molecular complexity index is 112. The molecule has 0 saturated carbocycles. The smallest absolute Gasteiger partial charge is 0.0517 e. The molecule has 0 amide bonds. The summed E-state index contributed by atoms with van der Waals surface area (Å²) in [6.07, 6.45) is 3.19. The number of rotatable bonds is 5. The predicted octanol–water partition coefficient (Wildman–Crippen LogP) is 3.22. The van der Waals surface area contributed by atoms with E-state index in [4.69, 9.17) is 0 Å². The Morgan fingerprint density at radius 1 is 1.17 bits per heavy atom. The van der Waals surface area contributed by atoms with Gasteiger partial charge >= 0.3 is 0 Å². The summed E-state index contributed by atoms with van der Waals surface area (Å²) in [6.45, 7) is 10.9. The summed E-state index contributed by atoms with van der Waals surface area (Å²) in [5.74, 6) is 0.743. The summed E-state index contributed by atoms with van der Waals surface area (Å²) in [7, 11) is 0. The first kappa shape index (κ1) is 12.0. The fourth-order valence-electron chi connectivity index (χ4n) is 2.32. The second-order valence-corrected chi connectivity index (χ2v) is 4.56. The summed E-state index contributed by atoms with van der Waals surface area (Å²) in [5.41, 5.74) is 0.289. The largest absolute Gasteiger partial charge is 0.393 e. The van der Waals surface area contributed by atoms with Crippen molar-refractivity contribution >= 4 is 0 Å². The molecule has 1 nitrogen and oxygen atoms in total. The van der Waals surface area contributed by atoms with E-state index in [2.05, 4.69) is 27.7 Å². The average molecular weight is 172 g/mol. The molecule has 0 aromatic rings. The average Bonchev–Trinajstić information content (AvgIpc) is 1.85. The zero-order chi connectivity index (χ0) is 9.78. The minimum Gasteiger partial charge on any atom is -0.393 e. The molecule has 0 radical (unpaired) electrons. The lowest BCUT2D eigenvalue weighted by atomic mass is 9.72. The van der Waals surface area contributed by atoms with Crippen molar-refractivity contribution in [3.8, 4) is 0 Å². The minimum atomic E-state index is -0.166.